The smallest absolute Gasteiger partial charge is 0.315 e. The Morgan fingerprint density at radius 3 is 2.61 bits per heavy atom. The lowest BCUT2D eigenvalue weighted by molar-refractivity contribution is -0.135. The van der Waals surface area contributed by atoms with Crippen molar-refractivity contribution in [2.24, 2.45) is 5.73 Å². The van der Waals surface area contributed by atoms with Crippen LogP contribution in [0.1, 0.15) is 0 Å². The van der Waals surface area contributed by atoms with Crippen molar-refractivity contribution in [3.05, 3.63) is 39.9 Å². The van der Waals surface area contributed by atoms with E-state index in [4.69, 9.17) is 5.73 Å². The first-order valence-corrected chi connectivity index (χ1v) is 5.98. The van der Waals surface area contributed by atoms with E-state index in [1.54, 1.807) is 17.5 Å². The van der Waals surface area contributed by atoms with Crippen LogP contribution in [0.3, 0.4) is 0 Å². The Balaban J connectivity index is 2.60. The lowest BCUT2D eigenvalue weighted by atomic mass is 10.2. The highest BCUT2D eigenvalue weighted by Crippen LogP contribution is 2.20. The van der Waals surface area contributed by atoms with Gasteiger partial charge >= 0.3 is 11.8 Å². The number of anilines is 1. The molecule has 0 spiro atoms. The normalized spacial score (nSPS) is 10.3. The Bertz CT molecular complexity index is 693. The summed E-state index contributed by atoms with van der Waals surface area (Å²) in [5.41, 5.74) is 4.77. The van der Waals surface area contributed by atoms with Crippen molar-refractivity contribution >= 4 is 38.9 Å². The van der Waals surface area contributed by atoms with E-state index in [9.17, 15) is 14.4 Å². The summed E-state index contributed by atoms with van der Waals surface area (Å²) < 4.78 is 0.825. The molecule has 2 amide bonds. The number of carbonyl (C=O) groups excluding carboxylic acids is 2. The lowest BCUT2D eigenvalue weighted by Crippen LogP contribution is -2.39. The van der Waals surface area contributed by atoms with Crippen molar-refractivity contribution in [3.63, 3.8) is 0 Å². The zero-order chi connectivity index (χ0) is 13.3. The lowest BCUT2D eigenvalue weighted by Gasteiger charge is -2.14. The maximum atomic E-state index is 12.2. The SMILES string of the molecule is CN(C(=O)C(N)=O)c1csc2ccccc2c1=O. The van der Waals surface area contributed by atoms with Crippen LogP contribution in [0.25, 0.3) is 10.1 Å². The van der Waals surface area contributed by atoms with E-state index in [1.807, 2.05) is 12.1 Å². The third-order valence-corrected chi connectivity index (χ3v) is 3.49. The minimum atomic E-state index is -1.09. The van der Waals surface area contributed by atoms with Gasteiger partial charge in [0.2, 0.25) is 5.43 Å². The van der Waals surface area contributed by atoms with Crippen LogP contribution in [0.15, 0.2) is 34.4 Å². The summed E-state index contributed by atoms with van der Waals surface area (Å²) in [6.45, 7) is 0. The predicted molar refractivity (Wildman–Crippen MR) is 70.7 cm³/mol. The van der Waals surface area contributed by atoms with Crippen LogP contribution in [-0.2, 0) is 9.59 Å². The molecule has 1 aromatic carbocycles. The van der Waals surface area contributed by atoms with E-state index < -0.39 is 11.8 Å². The highest BCUT2D eigenvalue weighted by molar-refractivity contribution is 7.16. The maximum absolute atomic E-state index is 12.2. The second-order valence-corrected chi connectivity index (χ2v) is 4.59. The largest absolute Gasteiger partial charge is 0.361 e. The number of carbonyl (C=O) groups is 2. The van der Waals surface area contributed by atoms with Crippen LogP contribution < -0.4 is 16.1 Å². The molecule has 0 fully saturated rings. The van der Waals surface area contributed by atoms with Crippen LogP contribution >= 0.6 is 11.3 Å². The Kier molecular flexibility index (Phi) is 3.12. The van der Waals surface area contributed by atoms with Gasteiger partial charge in [0.1, 0.15) is 5.69 Å². The number of hydrogen-bond acceptors (Lipinski definition) is 4. The number of primary amides is 1. The zero-order valence-electron chi connectivity index (χ0n) is 9.54. The molecule has 6 heteroatoms. The molecule has 0 atom stereocenters. The van der Waals surface area contributed by atoms with Gasteiger partial charge < -0.3 is 10.6 Å². The third kappa shape index (κ3) is 1.98. The molecule has 0 saturated carbocycles. The van der Waals surface area contributed by atoms with Gasteiger partial charge in [-0.05, 0) is 12.1 Å². The quantitative estimate of drug-likeness (QED) is 0.768. The number of nitrogens with two attached hydrogens (primary N) is 1. The summed E-state index contributed by atoms with van der Waals surface area (Å²) in [4.78, 5) is 35.4. The number of amides is 2. The van der Waals surface area contributed by atoms with Gasteiger partial charge in [-0.3, -0.25) is 14.4 Å². The van der Waals surface area contributed by atoms with Crippen molar-refractivity contribution < 1.29 is 9.59 Å². The molecule has 5 nitrogen and oxygen atoms in total. The molecular weight excluding hydrogens is 252 g/mol. The van der Waals surface area contributed by atoms with Gasteiger partial charge in [0.25, 0.3) is 0 Å². The first-order chi connectivity index (χ1) is 8.52. The summed E-state index contributed by atoms with van der Waals surface area (Å²) in [7, 11) is 1.35. The molecule has 0 aliphatic carbocycles. The monoisotopic (exact) mass is 262 g/mol. The van der Waals surface area contributed by atoms with Crippen LogP contribution in [-0.4, -0.2) is 18.9 Å². The Morgan fingerprint density at radius 1 is 1.28 bits per heavy atom. The highest BCUT2D eigenvalue weighted by Gasteiger charge is 2.19. The number of rotatable bonds is 1. The molecule has 0 saturated heterocycles. The third-order valence-electron chi connectivity index (χ3n) is 2.54. The molecule has 0 unspecified atom stereocenters. The van der Waals surface area contributed by atoms with E-state index >= 15 is 0 Å². The summed E-state index contributed by atoms with van der Waals surface area (Å²) in [5.74, 6) is -2.00. The van der Waals surface area contributed by atoms with Gasteiger partial charge in [-0.1, -0.05) is 12.1 Å². The minimum absolute atomic E-state index is 0.155. The van der Waals surface area contributed by atoms with E-state index in [-0.39, 0.29) is 11.1 Å². The van der Waals surface area contributed by atoms with Crippen molar-refractivity contribution in [3.8, 4) is 0 Å². The standard InChI is InChI=1S/C12H10N2O3S/c1-14(12(17)11(13)16)8-6-18-9-5-3-2-4-7(9)10(8)15/h2-6H,1H3,(H2,13,16). The molecule has 0 bridgehead atoms. The molecule has 1 heterocycles. The van der Waals surface area contributed by atoms with E-state index in [1.165, 1.54) is 18.4 Å². The number of fused-ring (bicyclic) bond motifs is 1. The molecule has 0 radical (unpaired) electrons. The van der Waals surface area contributed by atoms with Crippen molar-refractivity contribution in [1.29, 1.82) is 0 Å². The van der Waals surface area contributed by atoms with Crippen LogP contribution in [0.4, 0.5) is 5.69 Å². The average molecular weight is 262 g/mol. The van der Waals surface area contributed by atoms with Crippen LogP contribution in [0, 0.1) is 0 Å². The van der Waals surface area contributed by atoms with Gasteiger partial charge in [0, 0.05) is 22.5 Å². The summed E-state index contributed by atoms with van der Waals surface area (Å²) >= 11 is 1.33. The van der Waals surface area contributed by atoms with E-state index in [2.05, 4.69) is 0 Å². The summed E-state index contributed by atoms with van der Waals surface area (Å²) in [6.07, 6.45) is 0. The van der Waals surface area contributed by atoms with Crippen molar-refractivity contribution in [2.45, 2.75) is 0 Å². The van der Waals surface area contributed by atoms with Crippen LogP contribution in [0.2, 0.25) is 0 Å². The predicted octanol–water partition coefficient (Wildman–Crippen LogP) is 0.710. The first-order valence-electron chi connectivity index (χ1n) is 5.10. The fraction of sp³-hybridized carbons (Fsp3) is 0.0833. The average Bonchev–Trinajstić information content (AvgIpc) is 2.37. The second-order valence-electron chi connectivity index (χ2n) is 3.67. The van der Waals surface area contributed by atoms with Gasteiger partial charge in [-0.25, -0.2) is 0 Å². The molecule has 0 aliphatic heterocycles. The van der Waals surface area contributed by atoms with Crippen molar-refractivity contribution in [1.82, 2.24) is 0 Å². The summed E-state index contributed by atoms with van der Waals surface area (Å²) in [6, 6.07) is 7.08. The minimum Gasteiger partial charge on any atom is -0.361 e. The van der Waals surface area contributed by atoms with Crippen LogP contribution in [0.5, 0.6) is 0 Å². The van der Waals surface area contributed by atoms with E-state index in [0.29, 0.717) is 5.39 Å². The van der Waals surface area contributed by atoms with E-state index in [0.717, 1.165) is 9.60 Å². The molecule has 2 N–H and O–H groups in total. The van der Waals surface area contributed by atoms with Gasteiger partial charge in [-0.15, -0.1) is 11.3 Å². The first kappa shape index (κ1) is 12.3. The molecular formula is C12H10N2O3S. The molecule has 2 rings (SSSR count). The molecule has 2 aromatic rings. The Hall–Kier alpha value is -2.21. The number of nitrogens with zero attached hydrogens (tertiary/aromatic N) is 1. The molecule has 1 aromatic heterocycles. The number of hydrogen-bond donors (Lipinski definition) is 1. The maximum Gasteiger partial charge on any atom is 0.315 e. The van der Waals surface area contributed by atoms with Gasteiger partial charge in [-0.2, -0.15) is 0 Å². The molecule has 0 aliphatic rings. The summed E-state index contributed by atoms with van der Waals surface area (Å²) in [5, 5.41) is 2.06. The zero-order valence-corrected chi connectivity index (χ0v) is 10.4. The Labute approximate surface area is 106 Å². The molecule has 92 valence electrons. The topological polar surface area (TPSA) is 80.5 Å². The second kappa shape index (κ2) is 4.58. The molecule has 18 heavy (non-hydrogen) atoms. The fourth-order valence-electron chi connectivity index (χ4n) is 1.57. The van der Waals surface area contributed by atoms with Crippen molar-refractivity contribution in [2.75, 3.05) is 11.9 Å². The number of benzene rings is 1. The van der Waals surface area contributed by atoms with Gasteiger partial charge in [0.05, 0.1) is 0 Å². The fourth-order valence-corrected chi connectivity index (χ4v) is 2.52. The van der Waals surface area contributed by atoms with Gasteiger partial charge in [0.15, 0.2) is 0 Å². The number of likely N-dealkylation sites (N-methyl/N-ethyl adjacent to an activating group) is 1. The highest BCUT2D eigenvalue weighted by atomic mass is 32.1. The Morgan fingerprint density at radius 2 is 1.94 bits per heavy atom.